The number of amides is 1. The van der Waals surface area contributed by atoms with Gasteiger partial charge >= 0.3 is 11.9 Å². The summed E-state index contributed by atoms with van der Waals surface area (Å²) >= 11 is 0. The number of aliphatic hydroxyl groups excluding tert-OH is 8. The molecule has 0 radical (unpaired) electrons. The van der Waals surface area contributed by atoms with Gasteiger partial charge in [0.1, 0.15) is 66.7 Å². The highest BCUT2D eigenvalue weighted by Gasteiger charge is 2.54. The molecule has 5 fully saturated rings. The first kappa shape index (κ1) is 61.3. The molecule has 4 heterocycles. The third-order valence-corrected chi connectivity index (χ3v) is 16.0. The Bertz CT molecular complexity index is 2490. The van der Waals surface area contributed by atoms with Gasteiger partial charge in [-0.25, -0.2) is 23.1 Å². The third-order valence-electron chi connectivity index (χ3n) is 16.0. The number of hydrogen-bond donors (Lipinski definition) is 10. The topological polar surface area (TPSA) is 350 Å². The van der Waals surface area contributed by atoms with Crippen LogP contribution in [0.2, 0.25) is 0 Å². The van der Waals surface area contributed by atoms with Gasteiger partial charge in [-0.05, 0) is 74.8 Å². The van der Waals surface area contributed by atoms with Crippen molar-refractivity contribution in [1.82, 2.24) is 20.3 Å². The SMILES string of the molecule is CC[C@@H]1CC(C(=O)NCCO[C@H]2O[C@H](CO)[C@@H](O)C(n3cc(-c4cc(C)c(F)c(F)c4)nn3)C2O)C[C@@H](O[C@@H]2OC(CO)[C@H](O)C(O[C@@H](CC3CCCCC3)C(=O)O)C2OC(=O)c2ccccc2)C1O[C@@H]1OC(C)[C@@H](O)[C@H](O)C1O. The van der Waals surface area contributed by atoms with E-state index in [0.29, 0.717) is 6.42 Å². The Morgan fingerprint density at radius 3 is 2.19 bits per heavy atom. The lowest BCUT2D eigenvalue weighted by Crippen LogP contribution is -2.64. The van der Waals surface area contributed by atoms with Crippen LogP contribution >= 0.6 is 0 Å². The van der Waals surface area contributed by atoms with Gasteiger partial charge < -0.3 is 89.2 Å². The van der Waals surface area contributed by atoms with E-state index in [1.165, 1.54) is 38.2 Å². The van der Waals surface area contributed by atoms with Gasteiger partial charge in [-0.3, -0.25) is 4.79 Å². The van der Waals surface area contributed by atoms with Crippen LogP contribution in [0.3, 0.4) is 0 Å². The highest BCUT2D eigenvalue weighted by Crippen LogP contribution is 2.41. The standard InChI is InChI=1S/C54H74F2N4O20/c1-4-28-19-31(49(69)57-15-16-73-52-43(66)39(41(64)36(23-61)77-52)60-22-33(58-59-60)30-17-25(2)38(56)32(55)20-30)21-34(46(28)80-53-45(68)44(67)40(63)26(3)74-53)76-54-48(79-51(72)29-13-9-6-10-14-29)47(42(65)37(24-62)78-54)75-35(50(70)71)18-27-11-7-5-8-12-27/h6,9-10,13-14,17,20,22,26-28,31,34-37,39-48,52-54,61-68H,4-5,7-8,11-12,15-16,18-19,21,23-24H2,1-3H3,(H,57,69)(H,70,71)/t26?,28-,31?,34-,35+,36-,37?,39?,40-,41-,42+,43?,44+,45?,46?,47?,48?,52+,53+,54-/m1/s1. The number of aryl methyl sites for hydroxylation is 1. The van der Waals surface area contributed by atoms with E-state index in [1.807, 2.05) is 0 Å². The van der Waals surface area contributed by atoms with Gasteiger partial charge in [-0.2, -0.15) is 0 Å². The van der Waals surface area contributed by atoms with Crippen molar-refractivity contribution in [2.24, 2.45) is 17.8 Å². The van der Waals surface area contributed by atoms with Crippen molar-refractivity contribution in [1.29, 1.82) is 0 Å². The zero-order valence-corrected chi connectivity index (χ0v) is 44.5. The second-order valence-corrected chi connectivity index (χ2v) is 21.4. The fraction of sp³-hybridized carbons (Fsp3) is 0.685. The highest BCUT2D eigenvalue weighted by molar-refractivity contribution is 5.89. The number of carbonyl (C=O) groups is 3. The van der Waals surface area contributed by atoms with Crippen LogP contribution in [-0.4, -0.2) is 209 Å². The first-order chi connectivity index (χ1) is 38.3. The van der Waals surface area contributed by atoms with Gasteiger partial charge in [-0.15, -0.1) is 5.10 Å². The number of carboxylic acid groups (broad SMARTS) is 1. The number of nitrogens with one attached hydrogen (secondary N) is 1. The van der Waals surface area contributed by atoms with Crippen LogP contribution in [0.5, 0.6) is 0 Å². The summed E-state index contributed by atoms with van der Waals surface area (Å²) in [6.07, 6.45) is -19.9. The van der Waals surface area contributed by atoms with Crippen molar-refractivity contribution in [2.75, 3.05) is 26.4 Å². The summed E-state index contributed by atoms with van der Waals surface area (Å²) < 4.78 is 78.6. The lowest BCUT2D eigenvalue weighted by Gasteiger charge is -2.48. The van der Waals surface area contributed by atoms with E-state index in [-0.39, 0.29) is 60.7 Å². The van der Waals surface area contributed by atoms with Crippen LogP contribution in [0.25, 0.3) is 11.3 Å². The predicted octanol–water partition coefficient (Wildman–Crippen LogP) is 0.791. The number of aromatic nitrogens is 3. The average molecular weight is 1140 g/mol. The fourth-order valence-corrected chi connectivity index (χ4v) is 11.5. The maximum Gasteiger partial charge on any atom is 0.338 e. The van der Waals surface area contributed by atoms with Crippen molar-refractivity contribution >= 4 is 17.8 Å². The first-order valence-electron chi connectivity index (χ1n) is 27.3. The van der Waals surface area contributed by atoms with E-state index < -0.39 is 165 Å². The molecule has 2 saturated carbocycles. The van der Waals surface area contributed by atoms with Gasteiger partial charge in [0.25, 0.3) is 0 Å². The summed E-state index contributed by atoms with van der Waals surface area (Å²) in [5.41, 5.74) is 0.333. The smallest absolute Gasteiger partial charge is 0.338 e. The van der Waals surface area contributed by atoms with E-state index in [0.717, 1.165) is 42.9 Å². The van der Waals surface area contributed by atoms with Crippen LogP contribution in [0.4, 0.5) is 8.78 Å². The number of carbonyl (C=O) groups excluding carboxylic acids is 2. The van der Waals surface area contributed by atoms with Crippen molar-refractivity contribution in [3.63, 3.8) is 0 Å². The number of carboxylic acids is 1. The average Bonchev–Trinajstić information content (AvgIpc) is 3.94. The predicted molar refractivity (Wildman–Crippen MR) is 269 cm³/mol. The summed E-state index contributed by atoms with van der Waals surface area (Å²) in [6, 6.07) is 8.73. The Morgan fingerprint density at radius 1 is 0.812 bits per heavy atom. The number of rotatable bonds is 21. The molecule has 3 aliphatic heterocycles. The highest BCUT2D eigenvalue weighted by atomic mass is 19.2. The maximum absolute atomic E-state index is 14.3. The molecule has 1 aromatic heterocycles. The quantitative estimate of drug-likeness (QED) is 0.0521. The van der Waals surface area contributed by atoms with Crippen LogP contribution in [-0.2, 0) is 47.5 Å². The molecule has 9 unspecified atom stereocenters. The van der Waals surface area contributed by atoms with Crippen LogP contribution in [0.1, 0.15) is 93.6 Å². The van der Waals surface area contributed by atoms with Crippen LogP contribution < -0.4 is 5.32 Å². The third kappa shape index (κ3) is 14.0. The van der Waals surface area contributed by atoms with Crippen molar-refractivity contribution in [3.05, 3.63) is 71.4 Å². The zero-order chi connectivity index (χ0) is 57.5. The number of ether oxygens (including phenoxy) is 8. The lowest BCUT2D eigenvalue weighted by molar-refractivity contribution is -0.349. The lowest BCUT2D eigenvalue weighted by atomic mass is 9.75. The second kappa shape index (κ2) is 27.6. The Hall–Kier alpha value is -4.75. The number of halogens is 2. The Kier molecular flexibility index (Phi) is 21.1. The molecule has 444 valence electrons. The number of hydrogen-bond acceptors (Lipinski definition) is 21. The molecule has 80 heavy (non-hydrogen) atoms. The molecule has 26 heteroatoms. The number of aliphatic hydroxyl groups is 8. The second-order valence-electron chi connectivity index (χ2n) is 21.4. The molecule has 24 nitrogen and oxygen atoms in total. The minimum absolute atomic E-state index is 0.00706. The molecular weight excluding hydrogens is 1060 g/mol. The van der Waals surface area contributed by atoms with Gasteiger partial charge in [0, 0.05) is 18.0 Å². The monoisotopic (exact) mass is 1140 g/mol. The maximum atomic E-state index is 14.3. The molecule has 0 bridgehead atoms. The van der Waals surface area contributed by atoms with Crippen LogP contribution in [0.15, 0.2) is 48.7 Å². The van der Waals surface area contributed by atoms with Crippen molar-refractivity contribution < 1.29 is 107 Å². The summed E-state index contributed by atoms with van der Waals surface area (Å²) in [4.78, 5) is 41.2. The molecule has 20 atom stereocenters. The summed E-state index contributed by atoms with van der Waals surface area (Å²) in [6.45, 7) is 2.61. The van der Waals surface area contributed by atoms with Gasteiger partial charge in [-0.1, -0.05) is 68.9 Å². The van der Waals surface area contributed by atoms with Gasteiger partial charge in [0.2, 0.25) is 5.91 Å². The molecule has 2 aromatic carbocycles. The number of esters is 1. The Morgan fingerprint density at radius 2 is 1.51 bits per heavy atom. The van der Waals surface area contributed by atoms with E-state index in [2.05, 4.69) is 15.6 Å². The molecule has 8 rings (SSSR count). The summed E-state index contributed by atoms with van der Waals surface area (Å²) in [7, 11) is 0. The molecule has 2 aliphatic carbocycles. The van der Waals surface area contributed by atoms with Gasteiger partial charge in [0.05, 0.1) is 49.9 Å². The van der Waals surface area contributed by atoms with Crippen LogP contribution in [0, 0.1) is 36.3 Å². The molecular formula is C54H74F2N4O20. The minimum Gasteiger partial charge on any atom is -0.479 e. The van der Waals surface area contributed by atoms with E-state index in [1.54, 1.807) is 25.1 Å². The summed E-state index contributed by atoms with van der Waals surface area (Å²) in [5, 5.41) is 109. The number of benzene rings is 2. The largest absolute Gasteiger partial charge is 0.479 e. The molecule has 3 saturated heterocycles. The zero-order valence-electron chi connectivity index (χ0n) is 44.5. The number of nitrogens with zero attached hydrogens (tertiary/aromatic N) is 3. The summed E-state index contributed by atoms with van der Waals surface area (Å²) in [5.74, 6) is -6.45. The molecule has 3 aromatic rings. The van der Waals surface area contributed by atoms with Gasteiger partial charge in [0.15, 0.2) is 42.7 Å². The van der Waals surface area contributed by atoms with Crippen molar-refractivity contribution in [3.8, 4) is 11.3 Å². The minimum atomic E-state index is -1.77. The Balaban J connectivity index is 1.02. The normalized spacial score (nSPS) is 35.5. The van der Waals surface area contributed by atoms with E-state index in [9.17, 15) is 69.1 Å². The molecule has 0 spiro atoms. The van der Waals surface area contributed by atoms with Crippen molar-refractivity contribution in [2.45, 2.75) is 189 Å². The fourth-order valence-electron chi connectivity index (χ4n) is 11.5. The van der Waals surface area contributed by atoms with E-state index in [4.69, 9.17) is 37.9 Å². The van der Waals surface area contributed by atoms with E-state index >= 15 is 0 Å². The molecule has 1 amide bonds. The molecule has 5 aliphatic rings. The molecule has 10 N–H and O–H groups in total. The number of aliphatic carboxylic acids is 1. The Labute approximate surface area is 459 Å². The first-order valence-corrected chi connectivity index (χ1v) is 27.3.